The van der Waals surface area contributed by atoms with Crippen molar-refractivity contribution in [3.8, 4) is 5.75 Å². The predicted octanol–water partition coefficient (Wildman–Crippen LogP) is 1.89. The first-order valence-corrected chi connectivity index (χ1v) is 7.31. The van der Waals surface area contributed by atoms with Crippen LogP contribution in [0.25, 0.3) is 0 Å². The molecular formula is C16H26N2O3. The zero-order chi connectivity index (χ0) is 15.7. The number of rotatable bonds is 9. The summed E-state index contributed by atoms with van der Waals surface area (Å²) in [6, 6.07) is 7.92. The minimum absolute atomic E-state index is 0.00388. The molecule has 0 saturated carbocycles. The van der Waals surface area contributed by atoms with E-state index in [9.17, 15) is 4.79 Å². The number of carbonyl (C=O) groups is 1. The number of carbonyl (C=O) groups excluding carboxylic acids is 1. The molecule has 0 aliphatic rings. The largest absolute Gasteiger partial charge is 0.483 e. The lowest BCUT2D eigenvalue weighted by molar-refractivity contribution is -0.124. The highest BCUT2D eigenvalue weighted by atomic mass is 16.5. The summed E-state index contributed by atoms with van der Waals surface area (Å²) in [6.45, 7) is 7.40. The maximum atomic E-state index is 11.8. The van der Waals surface area contributed by atoms with Gasteiger partial charge in [-0.2, -0.15) is 0 Å². The minimum Gasteiger partial charge on any atom is -0.483 e. The monoisotopic (exact) mass is 294 g/mol. The van der Waals surface area contributed by atoms with Crippen molar-refractivity contribution in [2.45, 2.75) is 32.9 Å². The third-order valence-electron chi connectivity index (χ3n) is 3.08. The van der Waals surface area contributed by atoms with Crippen LogP contribution < -0.4 is 15.4 Å². The summed E-state index contributed by atoms with van der Waals surface area (Å²) in [5, 5.41) is 6.16. The number of nitrogens with one attached hydrogen (secondary N) is 2. The highest BCUT2D eigenvalue weighted by molar-refractivity contribution is 5.77. The zero-order valence-electron chi connectivity index (χ0n) is 13.3. The van der Waals surface area contributed by atoms with Crippen molar-refractivity contribution in [1.29, 1.82) is 0 Å². The van der Waals surface area contributed by atoms with Crippen LogP contribution in [0.4, 0.5) is 0 Å². The van der Waals surface area contributed by atoms with Gasteiger partial charge in [0, 0.05) is 24.8 Å². The molecule has 2 N–H and O–H groups in total. The minimum atomic E-state index is -0.148. The Balaban J connectivity index is 2.57. The van der Waals surface area contributed by atoms with Gasteiger partial charge in [-0.15, -0.1) is 0 Å². The van der Waals surface area contributed by atoms with Gasteiger partial charge in [0.2, 0.25) is 0 Å². The summed E-state index contributed by atoms with van der Waals surface area (Å²) in [5.74, 6) is 0.589. The molecule has 1 aromatic carbocycles. The summed E-state index contributed by atoms with van der Waals surface area (Å²) in [5.41, 5.74) is 1.05. The summed E-state index contributed by atoms with van der Waals surface area (Å²) >= 11 is 0. The second-order valence-corrected chi connectivity index (χ2v) is 5.03. The number of hydrogen-bond acceptors (Lipinski definition) is 4. The first-order valence-electron chi connectivity index (χ1n) is 7.31. The van der Waals surface area contributed by atoms with Crippen molar-refractivity contribution in [3.05, 3.63) is 29.8 Å². The van der Waals surface area contributed by atoms with Gasteiger partial charge in [0.15, 0.2) is 6.61 Å². The van der Waals surface area contributed by atoms with Gasteiger partial charge in [-0.1, -0.05) is 25.1 Å². The molecule has 1 aromatic rings. The summed E-state index contributed by atoms with van der Waals surface area (Å²) in [4.78, 5) is 11.8. The smallest absolute Gasteiger partial charge is 0.258 e. The lowest BCUT2D eigenvalue weighted by atomic mass is 10.1. The van der Waals surface area contributed by atoms with Crippen molar-refractivity contribution < 1.29 is 14.3 Å². The molecule has 0 bridgehead atoms. The first-order chi connectivity index (χ1) is 10.1. The van der Waals surface area contributed by atoms with E-state index >= 15 is 0 Å². The fourth-order valence-electron chi connectivity index (χ4n) is 2.14. The Bertz CT molecular complexity index is 437. The molecule has 0 aliphatic carbocycles. The van der Waals surface area contributed by atoms with Crippen LogP contribution >= 0.6 is 0 Å². The van der Waals surface area contributed by atoms with Crippen LogP contribution in [0.1, 0.15) is 32.4 Å². The Labute approximate surface area is 127 Å². The molecule has 0 aliphatic heterocycles. The van der Waals surface area contributed by atoms with Crippen molar-refractivity contribution in [1.82, 2.24) is 10.6 Å². The summed E-state index contributed by atoms with van der Waals surface area (Å²) in [7, 11) is 1.61. The van der Waals surface area contributed by atoms with Gasteiger partial charge in [-0.05, 0) is 26.5 Å². The van der Waals surface area contributed by atoms with E-state index in [0.29, 0.717) is 6.61 Å². The van der Waals surface area contributed by atoms with Crippen LogP contribution in [0.3, 0.4) is 0 Å². The van der Waals surface area contributed by atoms with Crippen LogP contribution in [0.15, 0.2) is 24.3 Å². The number of amides is 1. The quantitative estimate of drug-likeness (QED) is 0.730. The third-order valence-corrected chi connectivity index (χ3v) is 3.08. The Morgan fingerprint density at radius 1 is 1.29 bits per heavy atom. The Kier molecular flexibility index (Phi) is 7.79. The third kappa shape index (κ3) is 6.14. The Morgan fingerprint density at radius 3 is 2.67 bits per heavy atom. The molecule has 5 nitrogen and oxygen atoms in total. The average Bonchev–Trinajstić information content (AvgIpc) is 2.46. The second-order valence-electron chi connectivity index (χ2n) is 5.03. The second kappa shape index (κ2) is 9.37. The van der Waals surface area contributed by atoms with E-state index in [-0.39, 0.29) is 24.6 Å². The normalized spacial score (nSPS) is 13.5. The van der Waals surface area contributed by atoms with Gasteiger partial charge in [0.1, 0.15) is 5.75 Å². The Hall–Kier alpha value is -1.59. The highest BCUT2D eigenvalue weighted by Gasteiger charge is 2.12. The van der Waals surface area contributed by atoms with E-state index in [2.05, 4.69) is 24.5 Å². The molecule has 5 heteroatoms. The molecule has 2 atom stereocenters. The zero-order valence-corrected chi connectivity index (χ0v) is 13.3. The van der Waals surface area contributed by atoms with Gasteiger partial charge in [0.05, 0.1) is 6.61 Å². The van der Waals surface area contributed by atoms with Gasteiger partial charge >= 0.3 is 0 Å². The fourth-order valence-corrected chi connectivity index (χ4v) is 2.14. The molecule has 21 heavy (non-hydrogen) atoms. The van der Waals surface area contributed by atoms with E-state index in [0.717, 1.165) is 17.9 Å². The van der Waals surface area contributed by atoms with E-state index in [4.69, 9.17) is 9.47 Å². The average molecular weight is 294 g/mol. The molecule has 1 amide bonds. The summed E-state index contributed by atoms with van der Waals surface area (Å²) < 4.78 is 10.6. The lowest BCUT2D eigenvalue weighted by Gasteiger charge is -2.18. The molecule has 0 saturated heterocycles. The molecular weight excluding hydrogens is 268 g/mol. The Morgan fingerprint density at radius 2 is 2.00 bits per heavy atom. The molecule has 0 aromatic heterocycles. The molecule has 0 fully saturated rings. The van der Waals surface area contributed by atoms with Crippen LogP contribution in [-0.2, 0) is 9.53 Å². The maximum absolute atomic E-state index is 11.8. The van der Waals surface area contributed by atoms with Gasteiger partial charge in [0.25, 0.3) is 5.91 Å². The van der Waals surface area contributed by atoms with E-state index in [1.807, 2.05) is 31.2 Å². The molecule has 2 unspecified atom stereocenters. The number of hydrogen-bond donors (Lipinski definition) is 2. The number of methoxy groups -OCH3 is 1. The van der Waals surface area contributed by atoms with Crippen molar-refractivity contribution in [2.75, 3.05) is 26.9 Å². The van der Waals surface area contributed by atoms with Gasteiger partial charge < -0.3 is 20.1 Å². The molecule has 0 spiro atoms. The van der Waals surface area contributed by atoms with E-state index in [1.54, 1.807) is 7.11 Å². The number of benzene rings is 1. The SMILES string of the molecule is CCNC(C)c1ccccc1OCC(=O)NC(C)COC. The van der Waals surface area contributed by atoms with Crippen molar-refractivity contribution in [3.63, 3.8) is 0 Å². The van der Waals surface area contributed by atoms with Crippen LogP contribution in [0, 0.1) is 0 Å². The lowest BCUT2D eigenvalue weighted by Crippen LogP contribution is -2.38. The highest BCUT2D eigenvalue weighted by Crippen LogP contribution is 2.24. The topological polar surface area (TPSA) is 59.6 Å². The van der Waals surface area contributed by atoms with E-state index < -0.39 is 0 Å². The van der Waals surface area contributed by atoms with Gasteiger partial charge in [-0.25, -0.2) is 0 Å². The molecule has 1 rings (SSSR count). The standard InChI is InChI=1S/C16H26N2O3/c1-5-17-13(3)14-8-6-7-9-15(14)21-11-16(19)18-12(2)10-20-4/h6-9,12-13,17H,5,10-11H2,1-4H3,(H,18,19). The number of para-hydroxylation sites is 1. The molecule has 0 radical (unpaired) electrons. The fraction of sp³-hybridized carbons (Fsp3) is 0.562. The van der Waals surface area contributed by atoms with Crippen LogP contribution in [0.5, 0.6) is 5.75 Å². The predicted molar refractivity (Wildman–Crippen MR) is 83.5 cm³/mol. The first kappa shape index (κ1) is 17.5. The van der Waals surface area contributed by atoms with Crippen LogP contribution in [-0.4, -0.2) is 38.8 Å². The molecule has 118 valence electrons. The molecule has 0 heterocycles. The number of ether oxygens (including phenoxy) is 2. The van der Waals surface area contributed by atoms with Gasteiger partial charge in [-0.3, -0.25) is 4.79 Å². The summed E-state index contributed by atoms with van der Waals surface area (Å²) in [6.07, 6.45) is 0. The van der Waals surface area contributed by atoms with Crippen molar-refractivity contribution in [2.24, 2.45) is 0 Å². The van der Waals surface area contributed by atoms with E-state index in [1.165, 1.54) is 0 Å². The van der Waals surface area contributed by atoms with Crippen molar-refractivity contribution >= 4 is 5.91 Å². The maximum Gasteiger partial charge on any atom is 0.258 e. The van der Waals surface area contributed by atoms with Crippen LogP contribution in [0.2, 0.25) is 0 Å².